The van der Waals surface area contributed by atoms with Crippen LogP contribution in [0.5, 0.6) is 5.88 Å². The number of carbonyl (C=O) groups is 1. The van der Waals surface area contributed by atoms with E-state index in [1.807, 2.05) is 46.9 Å². The summed E-state index contributed by atoms with van der Waals surface area (Å²) in [5.74, 6) is 1.16. The van der Waals surface area contributed by atoms with Crippen LogP contribution in [-0.2, 0) is 11.8 Å². The highest BCUT2D eigenvalue weighted by Gasteiger charge is 2.26. The van der Waals surface area contributed by atoms with Gasteiger partial charge >= 0.3 is 6.09 Å². The third-order valence-corrected chi connectivity index (χ3v) is 5.99. The number of ether oxygens (including phenoxy) is 2. The number of aromatic nitrogens is 5. The normalized spacial score (nSPS) is 14.7. The highest BCUT2D eigenvalue weighted by Crippen LogP contribution is 2.28. The molecule has 0 unspecified atom stereocenters. The lowest BCUT2D eigenvalue weighted by atomic mass is 9.94. The van der Waals surface area contributed by atoms with E-state index in [9.17, 15) is 10.1 Å². The number of nitrogens with zero attached hydrogens (tertiary/aromatic N) is 7. The number of rotatable bonds is 5. The molecule has 4 rings (SSSR count). The van der Waals surface area contributed by atoms with E-state index in [0.29, 0.717) is 48.4 Å². The monoisotopic (exact) mass is 477 g/mol. The van der Waals surface area contributed by atoms with Crippen molar-refractivity contribution < 1.29 is 14.3 Å². The van der Waals surface area contributed by atoms with Crippen molar-refractivity contribution in [3.8, 4) is 23.2 Å². The first-order chi connectivity index (χ1) is 16.6. The molecule has 1 saturated heterocycles. The lowest BCUT2D eigenvalue weighted by Crippen LogP contribution is -2.41. The van der Waals surface area contributed by atoms with Crippen molar-refractivity contribution >= 4 is 17.3 Å². The summed E-state index contributed by atoms with van der Waals surface area (Å²) in [5, 5.41) is 9.32. The predicted molar refractivity (Wildman–Crippen MR) is 130 cm³/mol. The van der Waals surface area contributed by atoms with Gasteiger partial charge in [0.15, 0.2) is 5.65 Å². The molecule has 4 heterocycles. The number of amides is 1. The Hall–Kier alpha value is -3.74. The van der Waals surface area contributed by atoms with Crippen molar-refractivity contribution in [2.75, 3.05) is 19.7 Å². The fourth-order valence-electron chi connectivity index (χ4n) is 4.15. The van der Waals surface area contributed by atoms with Crippen LogP contribution in [0.1, 0.15) is 51.4 Å². The quantitative estimate of drug-likeness (QED) is 0.540. The predicted octanol–water partition coefficient (Wildman–Crippen LogP) is 4.02. The van der Waals surface area contributed by atoms with Crippen molar-refractivity contribution in [3.63, 3.8) is 0 Å². The molecule has 35 heavy (non-hydrogen) atoms. The molecular formula is C25H31N7O3. The Bertz CT molecular complexity index is 1260. The minimum Gasteiger partial charge on any atom is -0.477 e. The number of hydrogen-bond acceptors (Lipinski definition) is 8. The summed E-state index contributed by atoms with van der Waals surface area (Å²) >= 11 is 0. The molecule has 3 aromatic rings. The standard InChI is InChI=1S/C25H31N7O3/c1-16-12-18(20-21-22(31(5)15-28-21)30-19(13-26)29-20)14-27-23(16)34-11-8-17-6-9-32(10-7-17)24(33)35-25(2,3)4/h12,14-15,17H,6-11H2,1-5H3. The number of carbonyl (C=O) groups excluding carboxylic acids is 1. The molecule has 0 bridgehead atoms. The highest BCUT2D eigenvalue weighted by atomic mass is 16.6. The first-order valence-corrected chi connectivity index (χ1v) is 11.8. The van der Waals surface area contributed by atoms with Crippen LogP contribution in [0.3, 0.4) is 0 Å². The molecule has 1 amide bonds. The number of nitriles is 1. The van der Waals surface area contributed by atoms with Crippen LogP contribution in [0.2, 0.25) is 0 Å². The molecule has 10 heteroatoms. The molecule has 0 N–H and O–H groups in total. The van der Waals surface area contributed by atoms with Crippen molar-refractivity contribution in [3.05, 3.63) is 30.0 Å². The third kappa shape index (κ3) is 5.67. The highest BCUT2D eigenvalue weighted by molar-refractivity contribution is 5.87. The Labute approximate surface area is 204 Å². The summed E-state index contributed by atoms with van der Waals surface area (Å²) in [6.45, 7) is 9.55. The molecule has 3 aromatic heterocycles. The molecule has 0 aromatic carbocycles. The maximum absolute atomic E-state index is 12.2. The molecular weight excluding hydrogens is 446 g/mol. The van der Waals surface area contributed by atoms with Gasteiger partial charge in [0, 0.05) is 37.5 Å². The van der Waals surface area contributed by atoms with Crippen LogP contribution in [-0.4, -0.2) is 60.8 Å². The second kappa shape index (κ2) is 9.86. The fraction of sp³-hybridized carbons (Fsp3) is 0.520. The van der Waals surface area contributed by atoms with Gasteiger partial charge in [0.2, 0.25) is 11.7 Å². The first-order valence-electron chi connectivity index (χ1n) is 11.8. The number of imidazole rings is 1. The van der Waals surface area contributed by atoms with Crippen LogP contribution in [0.25, 0.3) is 22.4 Å². The lowest BCUT2D eigenvalue weighted by Gasteiger charge is -2.33. The summed E-state index contributed by atoms with van der Waals surface area (Å²) in [7, 11) is 1.83. The Morgan fingerprint density at radius 1 is 1.23 bits per heavy atom. The average molecular weight is 478 g/mol. The van der Waals surface area contributed by atoms with E-state index in [-0.39, 0.29) is 11.9 Å². The molecule has 1 fully saturated rings. The maximum Gasteiger partial charge on any atom is 0.410 e. The van der Waals surface area contributed by atoms with Crippen molar-refractivity contribution in [2.45, 2.75) is 52.6 Å². The number of fused-ring (bicyclic) bond motifs is 1. The van der Waals surface area contributed by atoms with Gasteiger partial charge in [-0.25, -0.2) is 19.7 Å². The zero-order valence-electron chi connectivity index (χ0n) is 20.9. The SMILES string of the molecule is Cc1cc(-c2nc(C#N)nc3c2ncn3C)cnc1OCCC1CCN(C(=O)OC(C)(C)C)CC1. The number of piperidine rings is 1. The van der Waals surface area contributed by atoms with Crippen LogP contribution in [0, 0.1) is 24.2 Å². The van der Waals surface area contributed by atoms with Gasteiger partial charge in [-0.3, -0.25) is 0 Å². The summed E-state index contributed by atoms with van der Waals surface area (Å²) in [6, 6.07) is 3.96. The van der Waals surface area contributed by atoms with E-state index in [1.165, 1.54) is 0 Å². The van der Waals surface area contributed by atoms with Gasteiger partial charge < -0.3 is 18.9 Å². The van der Waals surface area contributed by atoms with Crippen LogP contribution >= 0.6 is 0 Å². The Morgan fingerprint density at radius 2 is 1.97 bits per heavy atom. The minimum atomic E-state index is -0.475. The maximum atomic E-state index is 12.2. The van der Waals surface area contributed by atoms with E-state index in [0.717, 1.165) is 30.4 Å². The van der Waals surface area contributed by atoms with Gasteiger partial charge in [-0.05, 0) is 58.9 Å². The minimum absolute atomic E-state index is 0.0896. The lowest BCUT2D eigenvalue weighted by molar-refractivity contribution is 0.0177. The molecule has 0 atom stereocenters. The number of aryl methyl sites for hydroxylation is 2. The molecule has 1 aliphatic heterocycles. The molecule has 0 radical (unpaired) electrons. The van der Waals surface area contributed by atoms with Gasteiger partial charge in [-0.2, -0.15) is 10.2 Å². The van der Waals surface area contributed by atoms with Gasteiger partial charge in [-0.1, -0.05) is 0 Å². The topological polar surface area (TPSA) is 119 Å². The zero-order valence-corrected chi connectivity index (χ0v) is 20.9. The van der Waals surface area contributed by atoms with Gasteiger partial charge in [0.05, 0.1) is 12.9 Å². The first kappa shape index (κ1) is 24.4. The summed E-state index contributed by atoms with van der Waals surface area (Å²) in [4.78, 5) is 31.5. The molecule has 1 aliphatic rings. The van der Waals surface area contributed by atoms with Crippen LogP contribution in [0.4, 0.5) is 4.79 Å². The smallest absolute Gasteiger partial charge is 0.410 e. The van der Waals surface area contributed by atoms with Crippen molar-refractivity contribution in [1.29, 1.82) is 5.26 Å². The zero-order chi connectivity index (χ0) is 25.2. The van der Waals surface area contributed by atoms with Crippen LogP contribution in [0.15, 0.2) is 18.6 Å². The second-order valence-electron chi connectivity index (χ2n) is 9.93. The number of hydrogen-bond donors (Lipinski definition) is 0. The molecule has 0 spiro atoms. The largest absolute Gasteiger partial charge is 0.477 e. The average Bonchev–Trinajstić information content (AvgIpc) is 3.19. The summed E-state index contributed by atoms with van der Waals surface area (Å²) < 4.78 is 13.2. The Kier molecular flexibility index (Phi) is 6.87. The van der Waals surface area contributed by atoms with E-state index in [1.54, 1.807) is 22.0 Å². The number of likely N-dealkylation sites (tertiary alicyclic amines) is 1. The van der Waals surface area contributed by atoms with Gasteiger partial charge in [0.25, 0.3) is 0 Å². The van der Waals surface area contributed by atoms with E-state index < -0.39 is 5.60 Å². The molecule has 0 aliphatic carbocycles. The van der Waals surface area contributed by atoms with Crippen molar-refractivity contribution in [1.82, 2.24) is 29.4 Å². The summed E-state index contributed by atoms with van der Waals surface area (Å²) in [6.07, 6.45) is 5.88. The summed E-state index contributed by atoms with van der Waals surface area (Å²) in [5.41, 5.74) is 2.96. The Balaban J connectivity index is 1.35. The van der Waals surface area contributed by atoms with Gasteiger partial charge in [-0.15, -0.1) is 0 Å². The molecule has 0 saturated carbocycles. The molecule has 10 nitrogen and oxygen atoms in total. The third-order valence-electron chi connectivity index (χ3n) is 5.99. The Morgan fingerprint density at radius 3 is 2.63 bits per heavy atom. The fourth-order valence-corrected chi connectivity index (χ4v) is 4.15. The van der Waals surface area contributed by atoms with Gasteiger partial charge in [0.1, 0.15) is 22.9 Å². The van der Waals surface area contributed by atoms with Crippen molar-refractivity contribution in [2.24, 2.45) is 13.0 Å². The van der Waals surface area contributed by atoms with Crippen LogP contribution < -0.4 is 4.74 Å². The number of pyridine rings is 1. The van der Waals surface area contributed by atoms with E-state index in [2.05, 4.69) is 19.9 Å². The second-order valence-corrected chi connectivity index (χ2v) is 9.93. The van der Waals surface area contributed by atoms with E-state index in [4.69, 9.17) is 9.47 Å². The van der Waals surface area contributed by atoms with E-state index >= 15 is 0 Å². The molecule has 184 valence electrons.